The van der Waals surface area contributed by atoms with Crippen molar-refractivity contribution in [2.75, 3.05) is 11.9 Å². The zero-order chi connectivity index (χ0) is 12.0. The second kappa shape index (κ2) is 6.28. The van der Waals surface area contributed by atoms with Gasteiger partial charge in [-0.2, -0.15) is 0 Å². The maximum absolute atomic E-state index is 11.5. The molecule has 2 N–H and O–H groups in total. The number of amides is 1. The van der Waals surface area contributed by atoms with Gasteiger partial charge in [0.1, 0.15) is 0 Å². The van der Waals surface area contributed by atoms with E-state index in [0.29, 0.717) is 0 Å². The fraction of sp³-hybridized carbons (Fsp3) is 0.462. The van der Waals surface area contributed by atoms with Gasteiger partial charge in [0.2, 0.25) is 5.91 Å². The summed E-state index contributed by atoms with van der Waals surface area (Å²) in [7, 11) is 0. The normalized spacial score (nSPS) is 10.5. The largest absolute Gasteiger partial charge is 0.326 e. The standard InChI is InChI=1S/C13H20N2O/c1-4-14-9-11-6-5-7-12(8-11)15-13(16)10(2)3/h5-8,10,14H,4,9H2,1-3H3,(H,15,16). The third-order valence-electron chi connectivity index (χ3n) is 2.30. The van der Waals surface area contributed by atoms with Gasteiger partial charge in [-0.25, -0.2) is 0 Å². The number of carbonyl (C=O) groups is 1. The molecule has 3 nitrogen and oxygen atoms in total. The van der Waals surface area contributed by atoms with Crippen LogP contribution in [0.15, 0.2) is 24.3 Å². The number of anilines is 1. The predicted molar refractivity (Wildman–Crippen MR) is 67.3 cm³/mol. The number of rotatable bonds is 5. The van der Waals surface area contributed by atoms with Crippen molar-refractivity contribution in [2.24, 2.45) is 5.92 Å². The smallest absolute Gasteiger partial charge is 0.226 e. The summed E-state index contributed by atoms with van der Waals surface area (Å²) in [6.07, 6.45) is 0. The molecule has 0 aliphatic carbocycles. The molecule has 0 saturated heterocycles. The van der Waals surface area contributed by atoms with Gasteiger partial charge in [-0.15, -0.1) is 0 Å². The van der Waals surface area contributed by atoms with Crippen molar-refractivity contribution in [3.63, 3.8) is 0 Å². The molecule has 0 saturated carbocycles. The summed E-state index contributed by atoms with van der Waals surface area (Å²) in [5.41, 5.74) is 2.05. The van der Waals surface area contributed by atoms with E-state index in [4.69, 9.17) is 0 Å². The van der Waals surface area contributed by atoms with Crippen LogP contribution in [-0.4, -0.2) is 12.5 Å². The Balaban J connectivity index is 2.63. The van der Waals surface area contributed by atoms with Crippen LogP contribution in [0.4, 0.5) is 5.69 Å². The van der Waals surface area contributed by atoms with Crippen LogP contribution in [0, 0.1) is 5.92 Å². The van der Waals surface area contributed by atoms with E-state index in [1.54, 1.807) is 0 Å². The molecular weight excluding hydrogens is 200 g/mol. The minimum atomic E-state index is 0.0115. The predicted octanol–water partition coefficient (Wildman–Crippen LogP) is 2.39. The first-order valence-electron chi connectivity index (χ1n) is 5.74. The fourth-order valence-corrected chi connectivity index (χ4v) is 1.31. The van der Waals surface area contributed by atoms with E-state index in [9.17, 15) is 4.79 Å². The highest BCUT2D eigenvalue weighted by molar-refractivity contribution is 5.92. The molecule has 0 aliphatic heterocycles. The molecule has 0 fully saturated rings. The van der Waals surface area contributed by atoms with Gasteiger partial charge < -0.3 is 10.6 Å². The monoisotopic (exact) mass is 220 g/mol. The Hall–Kier alpha value is -1.35. The Bertz CT molecular complexity index is 348. The van der Waals surface area contributed by atoms with Gasteiger partial charge >= 0.3 is 0 Å². The van der Waals surface area contributed by atoms with Crippen molar-refractivity contribution in [3.8, 4) is 0 Å². The molecule has 0 heterocycles. The quantitative estimate of drug-likeness (QED) is 0.800. The summed E-state index contributed by atoms with van der Waals surface area (Å²) >= 11 is 0. The van der Waals surface area contributed by atoms with Gasteiger partial charge in [-0.3, -0.25) is 4.79 Å². The van der Waals surface area contributed by atoms with E-state index >= 15 is 0 Å². The van der Waals surface area contributed by atoms with Crippen molar-refractivity contribution >= 4 is 11.6 Å². The number of nitrogens with one attached hydrogen (secondary N) is 2. The molecule has 0 spiro atoms. The second-order valence-corrected chi connectivity index (χ2v) is 4.12. The lowest BCUT2D eigenvalue weighted by Crippen LogP contribution is -2.18. The van der Waals surface area contributed by atoms with Crippen LogP contribution in [0.2, 0.25) is 0 Å². The first-order chi connectivity index (χ1) is 7.63. The summed E-state index contributed by atoms with van der Waals surface area (Å²) in [6, 6.07) is 7.93. The minimum absolute atomic E-state index is 0.0115. The summed E-state index contributed by atoms with van der Waals surface area (Å²) < 4.78 is 0. The Morgan fingerprint density at radius 3 is 2.75 bits per heavy atom. The highest BCUT2D eigenvalue weighted by atomic mass is 16.1. The van der Waals surface area contributed by atoms with Crippen molar-refractivity contribution in [3.05, 3.63) is 29.8 Å². The van der Waals surface area contributed by atoms with E-state index in [0.717, 1.165) is 18.8 Å². The highest BCUT2D eigenvalue weighted by Gasteiger charge is 2.06. The van der Waals surface area contributed by atoms with Crippen LogP contribution in [0.25, 0.3) is 0 Å². The van der Waals surface area contributed by atoms with Gasteiger partial charge in [0.25, 0.3) is 0 Å². The average Bonchev–Trinajstić information content (AvgIpc) is 2.26. The third-order valence-corrected chi connectivity index (χ3v) is 2.30. The second-order valence-electron chi connectivity index (χ2n) is 4.12. The van der Waals surface area contributed by atoms with Crippen LogP contribution >= 0.6 is 0 Å². The Morgan fingerprint density at radius 2 is 2.12 bits per heavy atom. The van der Waals surface area contributed by atoms with E-state index < -0.39 is 0 Å². The molecule has 1 aromatic carbocycles. The minimum Gasteiger partial charge on any atom is -0.326 e. The van der Waals surface area contributed by atoms with E-state index in [1.165, 1.54) is 5.56 Å². The van der Waals surface area contributed by atoms with Crippen LogP contribution in [0.3, 0.4) is 0 Å². The molecule has 0 aliphatic rings. The van der Waals surface area contributed by atoms with Gasteiger partial charge in [-0.1, -0.05) is 32.9 Å². The van der Waals surface area contributed by atoms with Gasteiger partial charge in [0, 0.05) is 18.2 Å². The van der Waals surface area contributed by atoms with Crippen LogP contribution in [0.1, 0.15) is 26.3 Å². The molecule has 0 bridgehead atoms. The fourth-order valence-electron chi connectivity index (χ4n) is 1.31. The summed E-state index contributed by atoms with van der Waals surface area (Å²) in [4.78, 5) is 11.5. The van der Waals surface area contributed by atoms with Gasteiger partial charge in [0.05, 0.1) is 0 Å². The molecule has 16 heavy (non-hydrogen) atoms. The van der Waals surface area contributed by atoms with Crippen LogP contribution < -0.4 is 10.6 Å². The van der Waals surface area contributed by atoms with Crippen molar-refractivity contribution in [1.29, 1.82) is 0 Å². The summed E-state index contributed by atoms with van der Waals surface area (Å²) in [6.45, 7) is 7.63. The number of hydrogen-bond donors (Lipinski definition) is 2. The van der Waals surface area contributed by atoms with Crippen molar-refractivity contribution in [2.45, 2.75) is 27.3 Å². The molecule has 1 aromatic rings. The van der Waals surface area contributed by atoms with Crippen molar-refractivity contribution < 1.29 is 4.79 Å². The van der Waals surface area contributed by atoms with Crippen LogP contribution in [0.5, 0.6) is 0 Å². The third kappa shape index (κ3) is 4.03. The average molecular weight is 220 g/mol. The Morgan fingerprint density at radius 1 is 1.38 bits per heavy atom. The lowest BCUT2D eigenvalue weighted by atomic mass is 10.1. The van der Waals surface area contributed by atoms with Crippen LogP contribution in [-0.2, 0) is 11.3 Å². The van der Waals surface area contributed by atoms with Crippen molar-refractivity contribution in [1.82, 2.24) is 5.32 Å². The van der Waals surface area contributed by atoms with Gasteiger partial charge in [0.15, 0.2) is 0 Å². The molecule has 1 amide bonds. The van der Waals surface area contributed by atoms with E-state index in [1.807, 2.05) is 38.1 Å². The molecule has 0 aromatic heterocycles. The highest BCUT2D eigenvalue weighted by Crippen LogP contribution is 2.11. The molecular formula is C13H20N2O. The van der Waals surface area contributed by atoms with E-state index in [-0.39, 0.29) is 11.8 Å². The maximum atomic E-state index is 11.5. The first kappa shape index (κ1) is 12.7. The van der Waals surface area contributed by atoms with Gasteiger partial charge in [-0.05, 0) is 24.2 Å². The topological polar surface area (TPSA) is 41.1 Å². The molecule has 88 valence electrons. The zero-order valence-electron chi connectivity index (χ0n) is 10.2. The first-order valence-corrected chi connectivity index (χ1v) is 5.74. The summed E-state index contributed by atoms with van der Waals surface area (Å²) in [5.74, 6) is 0.0676. The van der Waals surface area contributed by atoms with E-state index in [2.05, 4.69) is 17.6 Å². The number of hydrogen-bond acceptors (Lipinski definition) is 2. The molecule has 0 radical (unpaired) electrons. The Labute approximate surface area is 97.2 Å². The number of carbonyl (C=O) groups excluding carboxylic acids is 1. The lowest BCUT2D eigenvalue weighted by Gasteiger charge is -2.09. The molecule has 0 atom stereocenters. The molecule has 0 unspecified atom stereocenters. The SMILES string of the molecule is CCNCc1cccc(NC(=O)C(C)C)c1. The number of benzene rings is 1. The zero-order valence-corrected chi connectivity index (χ0v) is 10.2. The maximum Gasteiger partial charge on any atom is 0.226 e. The lowest BCUT2D eigenvalue weighted by molar-refractivity contribution is -0.118. The molecule has 1 rings (SSSR count). The summed E-state index contributed by atoms with van der Waals surface area (Å²) in [5, 5.41) is 6.15. The molecule has 3 heteroatoms. The Kier molecular flexibility index (Phi) is 4.99.